The molecule has 0 radical (unpaired) electrons. The third kappa shape index (κ3) is 7.60. The van der Waals surface area contributed by atoms with Gasteiger partial charge in [0.05, 0.1) is 17.0 Å². The molecule has 1 aliphatic rings. The number of carbonyl (C=O) groups excluding carboxylic acids is 2. The van der Waals surface area contributed by atoms with Crippen LogP contribution in [0.25, 0.3) is 0 Å². The number of para-hydroxylation sites is 1. The first kappa shape index (κ1) is 26.8. The number of hydrogen-bond acceptors (Lipinski definition) is 6. The predicted octanol–water partition coefficient (Wildman–Crippen LogP) is 2.17. The number of piperazine rings is 1. The zero-order valence-electron chi connectivity index (χ0n) is 20.3. The Balaban J connectivity index is 1.61. The number of anilines is 1. The lowest BCUT2D eigenvalue weighted by molar-refractivity contribution is 0.0949. The molecule has 1 heterocycles. The van der Waals surface area contributed by atoms with Crippen LogP contribution >= 0.6 is 0 Å². The van der Waals surface area contributed by atoms with Gasteiger partial charge >= 0.3 is 0 Å². The van der Waals surface area contributed by atoms with Gasteiger partial charge in [0.1, 0.15) is 0 Å². The van der Waals surface area contributed by atoms with E-state index in [1.165, 1.54) is 0 Å². The van der Waals surface area contributed by atoms with Gasteiger partial charge in [-0.25, -0.2) is 8.42 Å². The van der Waals surface area contributed by atoms with Gasteiger partial charge < -0.3 is 15.4 Å². The van der Waals surface area contributed by atoms with E-state index in [2.05, 4.69) is 15.5 Å². The van der Waals surface area contributed by atoms with Crippen molar-refractivity contribution in [2.75, 3.05) is 57.5 Å². The average molecular weight is 503 g/mol. The summed E-state index contributed by atoms with van der Waals surface area (Å²) in [7, 11) is -1.55. The second-order valence-electron chi connectivity index (χ2n) is 8.38. The van der Waals surface area contributed by atoms with Crippen molar-refractivity contribution in [3.63, 3.8) is 0 Å². The molecule has 2 N–H and O–H groups in total. The van der Waals surface area contributed by atoms with E-state index in [4.69, 9.17) is 4.74 Å². The van der Waals surface area contributed by atoms with E-state index < -0.39 is 10.0 Å². The summed E-state index contributed by atoms with van der Waals surface area (Å²) < 4.78 is 30.7. The van der Waals surface area contributed by atoms with Gasteiger partial charge in [-0.2, -0.15) is 4.31 Å². The van der Waals surface area contributed by atoms with Crippen LogP contribution in [0.3, 0.4) is 0 Å². The van der Waals surface area contributed by atoms with Crippen molar-refractivity contribution in [2.45, 2.75) is 19.9 Å². The van der Waals surface area contributed by atoms with Crippen molar-refractivity contribution in [2.24, 2.45) is 0 Å². The number of rotatable bonds is 11. The van der Waals surface area contributed by atoms with Crippen LogP contribution < -0.4 is 10.6 Å². The fourth-order valence-electron chi connectivity index (χ4n) is 3.92. The summed E-state index contributed by atoms with van der Waals surface area (Å²) >= 11 is 0. The Labute approximate surface area is 207 Å². The Morgan fingerprint density at radius 2 is 1.74 bits per heavy atom. The SMILES string of the molecule is CCS(=O)(=O)N1CCN(Cc2cccc(C(=O)Nc3ccccc3C(=O)NCCCOC)c2)CC1. The fraction of sp³-hybridized carbons (Fsp3) is 0.440. The van der Waals surface area contributed by atoms with Gasteiger partial charge in [0, 0.05) is 58.5 Å². The lowest BCUT2D eigenvalue weighted by Crippen LogP contribution is -2.48. The van der Waals surface area contributed by atoms with Gasteiger partial charge in [-0.05, 0) is 43.2 Å². The lowest BCUT2D eigenvalue weighted by atomic mass is 10.1. The number of amides is 2. The highest BCUT2D eigenvalue weighted by Crippen LogP contribution is 2.18. The quantitative estimate of drug-likeness (QED) is 0.456. The van der Waals surface area contributed by atoms with Crippen LogP contribution in [0.4, 0.5) is 5.69 Å². The van der Waals surface area contributed by atoms with Crippen LogP contribution in [0.5, 0.6) is 0 Å². The molecule has 3 rings (SSSR count). The van der Waals surface area contributed by atoms with Crippen molar-refractivity contribution in [1.82, 2.24) is 14.5 Å². The van der Waals surface area contributed by atoms with Crippen LogP contribution in [0.15, 0.2) is 48.5 Å². The average Bonchev–Trinajstić information content (AvgIpc) is 2.87. The third-order valence-electron chi connectivity index (χ3n) is 5.92. The van der Waals surface area contributed by atoms with Crippen LogP contribution in [-0.2, 0) is 21.3 Å². The summed E-state index contributed by atoms with van der Waals surface area (Å²) in [5.74, 6) is -0.441. The van der Waals surface area contributed by atoms with Gasteiger partial charge in [0.2, 0.25) is 10.0 Å². The second kappa shape index (κ2) is 12.8. The van der Waals surface area contributed by atoms with Crippen molar-refractivity contribution >= 4 is 27.5 Å². The van der Waals surface area contributed by atoms with Gasteiger partial charge in [-0.15, -0.1) is 0 Å². The maximum absolute atomic E-state index is 13.0. The minimum atomic E-state index is -3.16. The lowest BCUT2D eigenvalue weighted by Gasteiger charge is -2.33. The molecule has 190 valence electrons. The van der Waals surface area contributed by atoms with Crippen LogP contribution in [0.2, 0.25) is 0 Å². The van der Waals surface area contributed by atoms with Gasteiger partial charge in [-0.1, -0.05) is 24.3 Å². The molecule has 2 aromatic carbocycles. The molecule has 0 saturated carbocycles. The van der Waals surface area contributed by atoms with E-state index in [-0.39, 0.29) is 17.6 Å². The Morgan fingerprint density at radius 1 is 1.00 bits per heavy atom. The van der Waals surface area contributed by atoms with Crippen molar-refractivity contribution in [1.29, 1.82) is 0 Å². The summed E-state index contributed by atoms with van der Waals surface area (Å²) in [6.07, 6.45) is 0.701. The summed E-state index contributed by atoms with van der Waals surface area (Å²) in [4.78, 5) is 27.7. The molecular weight excluding hydrogens is 468 g/mol. The number of sulfonamides is 1. The first-order valence-corrected chi connectivity index (χ1v) is 13.4. The molecule has 0 aliphatic carbocycles. The molecule has 1 saturated heterocycles. The van der Waals surface area contributed by atoms with Crippen molar-refractivity contribution in [3.05, 3.63) is 65.2 Å². The number of carbonyl (C=O) groups is 2. The van der Waals surface area contributed by atoms with Crippen LogP contribution in [0.1, 0.15) is 39.6 Å². The maximum Gasteiger partial charge on any atom is 0.255 e. The van der Waals surface area contributed by atoms with E-state index in [1.54, 1.807) is 48.7 Å². The zero-order chi connectivity index (χ0) is 25.3. The summed E-state index contributed by atoms with van der Waals surface area (Å²) in [6, 6.07) is 14.3. The van der Waals surface area contributed by atoms with Gasteiger partial charge in [0.25, 0.3) is 11.8 Å². The van der Waals surface area contributed by atoms with E-state index in [0.29, 0.717) is 69.1 Å². The largest absolute Gasteiger partial charge is 0.385 e. The number of benzene rings is 2. The Bertz CT molecular complexity index is 1110. The minimum Gasteiger partial charge on any atom is -0.385 e. The Kier molecular flexibility index (Phi) is 9.79. The molecule has 1 aliphatic heterocycles. The normalized spacial score (nSPS) is 15.0. The Morgan fingerprint density at radius 3 is 2.46 bits per heavy atom. The standard InChI is InChI=1S/C25H34N4O5S/c1-3-35(32,33)29-15-13-28(14-16-29)19-20-8-6-9-21(18-20)24(30)27-23-11-5-4-10-22(23)25(31)26-12-7-17-34-2/h4-6,8-11,18H,3,7,12-17,19H2,1-2H3,(H,26,31)(H,27,30). The molecule has 0 aromatic heterocycles. The predicted molar refractivity (Wildman–Crippen MR) is 136 cm³/mol. The third-order valence-corrected chi connectivity index (χ3v) is 7.80. The molecule has 35 heavy (non-hydrogen) atoms. The number of methoxy groups -OCH3 is 1. The van der Waals surface area contributed by atoms with Crippen molar-refractivity contribution in [3.8, 4) is 0 Å². The van der Waals surface area contributed by atoms with Crippen LogP contribution in [0, 0.1) is 0 Å². The van der Waals surface area contributed by atoms with Gasteiger partial charge in [-0.3, -0.25) is 14.5 Å². The monoisotopic (exact) mass is 502 g/mol. The molecule has 1 fully saturated rings. The zero-order valence-corrected chi connectivity index (χ0v) is 21.1. The highest BCUT2D eigenvalue weighted by atomic mass is 32.2. The topological polar surface area (TPSA) is 108 Å². The molecule has 2 aromatic rings. The second-order valence-corrected chi connectivity index (χ2v) is 10.6. The Hall–Kier alpha value is -2.79. The number of ether oxygens (including phenoxy) is 1. The summed E-state index contributed by atoms with van der Waals surface area (Å²) in [6.45, 7) is 5.55. The number of hydrogen-bond donors (Lipinski definition) is 2. The molecule has 0 atom stereocenters. The molecule has 0 spiro atoms. The highest BCUT2D eigenvalue weighted by Gasteiger charge is 2.25. The number of nitrogens with zero attached hydrogens (tertiary/aromatic N) is 2. The van der Waals surface area contributed by atoms with Crippen molar-refractivity contribution < 1.29 is 22.7 Å². The van der Waals surface area contributed by atoms with E-state index in [9.17, 15) is 18.0 Å². The molecule has 0 bridgehead atoms. The van der Waals surface area contributed by atoms with Gasteiger partial charge in [0.15, 0.2) is 0 Å². The summed E-state index contributed by atoms with van der Waals surface area (Å²) in [5.41, 5.74) is 2.30. The van der Waals surface area contributed by atoms with E-state index in [0.717, 1.165) is 5.56 Å². The summed E-state index contributed by atoms with van der Waals surface area (Å²) in [5, 5.41) is 5.70. The maximum atomic E-state index is 13.0. The molecule has 0 unspecified atom stereocenters. The first-order valence-electron chi connectivity index (χ1n) is 11.8. The molecule has 2 amide bonds. The van der Waals surface area contributed by atoms with E-state index in [1.807, 2.05) is 18.2 Å². The molecular formula is C25H34N4O5S. The fourth-order valence-corrected chi connectivity index (χ4v) is 5.00. The minimum absolute atomic E-state index is 0.114. The van der Waals surface area contributed by atoms with E-state index >= 15 is 0 Å². The highest BCUT2D eigenvalue weighted by molar-refractivity contribution is 7.89. The first-order chi connectivity index (χ1) is 16.8. The molecule has 9 nitrogen and oxygen atoms in total. The van der Waals surface area contributed by atoms with Crippen LogP contribution in [-0.4, -0.2) is 81.6 Å². The number of nitrogens with one attached hydrogen (secondary N) is 2. The molecule has 10 heteroatoms. The smallest absolute Gasteiger partial charge is 0.255 e.